The van der Waals surface area contributed by atoms with Crippen LogP contribution in [-0.4, -0.2) is 43.1 Å². The van der Waals surface area contributed by atoms with Gasteiger partial charge in [0.05, 0.1) is 18.5 Å². The quantitative estimate of drug-likeness (QED) is 0.189. The number of hydrogen-bond donors (Lipinski definition) is 2. The predicted molar refractivity (Wildman–Crippen MR) is 135 cm³/mol. The number of nitrogens with zero attached hydrogens (tertiary/aromatic N) is 3. The monoisotopic (exact) mass is 535 g/mol. The number of rotatable bonds is 9. The number of benzene rings is 2. The number of nitrogens with one attached hydrogen (secondary N) is 2. The van der Waals surface area contributed by atoms with Gasteiger partial charge in [0.1, 0.15) is 12.4 Å². The van der Waals surface area contributed by atoms with Gasteiger partial charge in [0.15, 0.2) is 5.96 Å². The molecule has 0 saturated heterocycles. The second-order valence-corrected chi connectivity index (χ2v) is 6.86. The van der Waals surface area contributed by atoms with E-state index in [1.807, 2.05) is 53.5 Å². The number of aliphatic imine (C=N–C) groups is 1. The second-order valence-electron chi connectivity index (χ2n) is 6.86. The molecule has 1 heterocycles. The lowest BCUT2D eigenvalue weighted by Gasteiger charge is -2.15. The van der Waals surface area contributed by atoms with E-state index in [-0.39, 0.29) is 24.0 Å². The summed E-state index contributed by atoms with van der Waals surface area (Å²) < 4.78 is 12.8. The summed E-state index contributed by atoms with van der Waals surface area (Å²) in [6, 6.07) is 16.2. The van der Waals surface area contributed by atoms with Crippen molar-refractivity contribution in [2.45, 2.75) is 20.0 Å². The molecule has 3 aromatic rings. The first-order valence-electron chi connectivity index (χ1n) is 9.94. The molecule has 1 aromatic heterocycles. The van der Waals surface area contributed by atoms with Crippen LogP contribution in [0.25, 0.3) is 5.69 Å². The van der Waals surface area contributed by atoms with Crippen molar-refractivity contribution in [3.8, 4) is 11.4 Å². The lowest BCUT2D eigenvalue weighted by Crippen LogP contribution is -2.36. The van der Waals surface area contributed by atoms with E-state index in [4.69, 9.17) is 9.47 Å². The average Bonchev–Trinajstić information content (AvgIpc) is 3.25. The van der Waals surface area contributed by atoms with E-state index in [1.165, 1.54) is 0 Å². The summed E-state index contributed by atoms with van der Waals surface area (Å²) in [7, 11) is 3.43. The number of hydrogen-bond acceptors (Lipinski definition) is 4. The van der Waals surface area contributed by atoms with Gasteiger partial charge in [0.25, 0.3) is 0 Å². The van der Waals surface area contributed by atoms with Gasteiger partial charge < -0.3 is 20.1 Å². The van der Waals surface area contributed by atoms with Crippen LogP contribution in [0.3, 0.4) is 0 Å². The van der Waals surface area contributed by atoms with Crippen LogP contribution < -0.4 is 15.4 Å². The molecule has 7 nitrogen and oxygen atoms in total. The number of guanidine groups is 1. The van der Waals surface area contributed by atoms with E-state index < -0.39 is 0 Å². The highest BCUT2D eigenvalue weighted by atomic mass is 127. The topological polar surface area (TPSA) is 72.7 Å². The third-order valence-corrected chi connectivity index (χ3v) is 4.55. The number of methoxy groups -OCH3 is 1. The van der Waals surface area contributed by atoms with Crippen molar-refractivity contribution in [3.05, 3.63) is 77.6 Å². The lowest BCUT2D eigenvalue weighted by atomic mass is 10.1. The predicted octanol–water partition coefficient (Wildman–Crippen LogP) is 3.69. The zero-order valence-electron chi connectivity index (χ0n) is 18.2. The third-order valence-electron chi connectivity index (χ3n) is 4.55. The molecule has 3 rings (SSSR count). The molecule has 0 atom stereocenters. The van der Waals surface area contributed by atoms with Gasteiger partial charge in [-0.15, -0.1) is 24.0 Å². The number of aryl methyl sites for hydroxylation is 1. The van der Waals surface area contributed by atoms with E-state index in [2.05, 4.69) is 39.8 Å². The number of aromatic nitrogens is 2. The summed E-state index contributed by atoms with van der Waals surface area (Å²) in [6.45, 7) is 4.35. The second kappa shape index (κ2) is 13.0. The van der Waals surface area contributed by atoms with Crippen molar-refractivity contribution < 1.29 is 9.47 Å². The average molecular weight is 535 g/mol. The smallest absolute Gasteiger partial charge is 0.191 e. The molecule has 0 unspecified atom stereocenters. The van der Waals surface area contributed by atoms with E-state index in [0.717, 1.165) is 28.1 Å². The zero-order chi connectivity index (χ0) is 21.2. The van der Waals surface area contributed by atoms with Crippen LogP contribution >= 0.6 is 24.0 Å². The van der Waals surface area contributed by atoms with Crippen molar-refractivity contribution in [3.63, 3.8) is 0 Å². The van der Waals surface area contributed by atoms with Crippen LogP contribution in [0, 0.1) is 6.92 Å². The number of ether oxygens (including phenoxy) is 2. The molecule has 0 aliphatic rings. The molecular weight excluding hydrogens is 505 g/mol. The van der Waals surface area contributed by atoms with Crippen LogP contribution in [0.2, 0.25) is 0 Å². The van der Waals surface area contributed by atoms with Crippen LogP contribution in [0.5, 0.6) is 5.75 Å². The van der Waals surface area contributed by atoms with Crippen molar-refractivity contribution in [2.75, 3.05) is 27.4 Å². The molecule has 0 bridgehead atoms. The van der Waals surface area contributed by atoms with Crippen molar-refractivity contribution in [1.29, 1.82) is 0 Å². The highest BCUT2D eigenvalue weighted by molar-refractivity contribution is 14.0. The minimum atomic E-state index is 0. The maximum atomic E-state index is 5.86. The Morgan fingerprint density at radius 1 is 1.06 bits per heavy atom. The van der Waals surface area contributed by atoms with E-state index in [1.54, 1.807) is 14.2 Å². The molecule has 31 heavy (non-hydrogen) atoms. The Bertz CT molecular complexity index is 960. The normalized spacial score (nSPS) is 11.0. The van der Waals surface area contributed by atoms with Gasteiger partial charge in [0.2, 0.25) is 0 Å². The zero-order valence-corrected chi connectivity index (χ0v) is 20.5. The Balaban J connectivity index is 0.00000341. The van der Waals surface area contributed by atoms with Crippen LogP contribution in [-0.2, 0) is 17.8 Å². The first kappa shape index (κ1) is 24.7. The van der Waals surface area contributed by atoms with Crippen LogP contribution in [0.15, 0.2) is 65.9 Å². The molecule has 0 spiro atoms. The molecule has 0 radical (unpaired) electrons. The van der Waals surface area contributed by atoms with Crippen molar-refractivity contribution in [1.82, 2.24) is 20.4 Å². The van der Waals surface area contributed by atoms with Gasteiger partial charge in [0, 0.05) is 44.6 Å². The fraction of sp³-hybridized carbons (Fsp3) is 0.304. The maximum absolute atomic E-state index is 5.86. The van der Waals surface area contributed by atoms with Crippen molar-refractivity contribution >= 4 is 29.9 Å². The van der Waals surface area contributed by atoms with Crippen molar-refractivity contribution in [2.24, 2.45) is 4.99 Å². The van der Waals surface area contributed by atoms with E-state index in [0.29, 0.717) is 32.3 Å². The standard InChI is InChI=1S/C23H29N5O2.HI/c1-18-9-10-20(22(13-18)30-12-11-29-3)16-26-23(24-2)25-14-19-15-27-28(17-19)21-7-5-4-6-8-21;/h4-10,13,15,17H,11-12,14,16H2,1-3H3,(H2,24,25,26);1H. The molecule has 2 N–H and O–H groups in total. The summed E-state index contributed by atoms with van der Waals surface area (Å²) in [6.07, 6.45) is 3.87. The van der Waals surface area contributed by atoms with Gasteiger partial charge in [-0.05, 0) is 30.7 Å². The molecule has 0 aliphatic carbocycles. The Morgan fingerprint density at radius 2 is 1.84 bits per heavy atom. The summed E-state index contributed by atoms with van der Waals surface area (Å²) in [5, 5.41) is 11.1. The van der Waals surface area contributed by atoms with Gasteiger partial charge in [-0.3, -0.25) is 4.99 Å². The highest BCUT2D eigenvalue weighted by Crippen LogP contribution is 2.20. The van der Waals surface area contributed by atoms with Crippen LogP contribution in [0.4, 0.5) is 0 Å². The summed E-state index contributed by atoms with van der Waals surface area (Å²) >= 11 is 0. The summed E-state index contributed by atoms with van der Waals surface area (Å²) in [4.78, 5) is 4.31. The Kier molecular flexibility index (Phi) is 10.3. The largest absolute Gasteiger partial charge is 0.491 e. The van der Waals surface area contributed by atoms with Gasteiger partial charge in [-0.1, -0.05) is 30.3 Å². The SMILES string of the molecule is CN=C(NCc1cnn(-c2ccccc2)c1)NCc1ccc(C)cc1OCCOC.I. The van der Waals surface area contributed by atoms with Gasteiger partial charge in [-0.25, -0.2) is 4.68 Å². The first-order chi connectivity index (χ1) is 14.7. The molecule has 0 aliphatic heterocycles. The Morgan fingerprint density at radius 3 is 2.58 bits per heavy atom. The number of para-hydroxylation sites is 1. The molecule has 0 amide bonds. The summed E-state index contributed by atoms with van der Waals surface area (Å²) in [5.74, 6) is 1.57. The minimum Gasteiger partial charge on any atom is -0.491 e. The Labute approximate surface area is 200 Å². The highest BCUT2D eigenvalue weighted by Gasteiger charge is 2.07. The Hall–Kier alpha value is -2.59. The molecular formula is C23H30IN5O2. The molecule has 8 heteroatoms. The fourth-order valence-corrected chi connectivity index (χ4v) is 2.94. The molecule has 0 saturated carbocycles. The number of halogens is 1. The summed E-state index contributed by atoms with van der Waals surface area (Å²) in [5.41, 5.74) is 4.33. The van der Waals surface area contributed by atoms with Gasteiger partial charge in [-0.2, -0.15) is 5.10 Å². The third kappa shape index (κ3) is 7.55. The van der Waals surface area contributed by atoms with E-state index >= 15 is 0 Å². The van der Waals surface area contributed by atoms with Gasteiger partial charge >= 0.3 is 0 Å². The molecule has 166 valence electrons. The lowest BCUT2D eigenvalue weighted by molar-refractivity contribution is 0.145. The molecule has 2 aromatic carbocycles. The fourth-order valence-electron chi connectivity index (χ4n) is 2.94. The van der Waals surface area contributed by atoms with Crippen LogP contribution in [0.1, 0.15) is 16.7 Å². The molecule has 0 fully saturated rings. The minimum absolute atomic E-state index is 0. The van der Waals surface area contributed by atoms with E-state index in [9.17, 15) is 0 Å². The first-order valence-corrected chi connectivity index (χ1v) is 9.94. The maximum Gasteiger partial charge on any atom is 0.191 e.